The molecule has 2 unspecified atom stereocenters. The van der Waals surface area contributed by atoms with Crippen molar-refractivity contribution in [2.24, 2.45) is 11.0 Å². The highest BCUT2D eigenvalue weighted by atomic mass is 32.1. The van der Waals surface area contributed by atoms with Crippen LogP contribution in [-0.2, 0) is 6.42 Å². The minimum absolute atomic E-state index is 0.0233. The number of hydrogen-bond donors (Lipinski definition) is 1. The Hall–Kier alpha value is -2.78. The van der Waals surface area contributed by atoms with Crippen LogP contribution in [0.2, 0.25) is 0 Å². The molecule has 1 aliphatic heterocycles. The van der Waals surface area contributed by atoms with Gasteiger partial charge in [0, 0.05) is 17.1 Å². The molecular weight excluding hydrogens is 401 g/mol. The molecule has 3 aromatic rings. The summed E-state index contributed by atoms with van der Waals surface area (Å²) in [6, 6.07) is 12.5. The van der Waals surface area contributed by atoms with Crippen LogP contribution in [-0.4, -0.2) is 32.7 Å². The fourth-order valence-electron chi connectivity index (χ4n) is 3.96. The van der Waals surface area contributed by atoms with Gasteiger partial charge in [0.2, 0.25) is 5.13 Å². The maximum absolute atomic E-state index is 14.2. The van der Waals surface area contributed by atoms with Crippen molar-refractivity contribution in [1.29, 1.82) is 0 Å². The molecule has 5 nitrogen and oxygen atoms in total. The van der Waals surface area contributed by atoms with Crippen molar-refractivity contribution in [2.45, 2.75) is 24.7 Å². The number of aryl methyl sites for hydroxylation is 1. The first kappa shape index (κ1) is 18.3. The molecule has 0 saturated heterocycles. The normalized spacial score (nSPS) is 23.5. The Kier molecular flexibility index (Phi) is 4.01. The number of halogens is 3. The summed E-state index contributed by atoms with van der Waals surface area (Å²) in [5.74, 6) is -1.18. The van der Waals surface area contributed by atoms with Crippen LogP contribution in [0.1, 0.15) is 17.5 Å². The van der Waals surface area contributed by atoms with Crippen molar-refractivity contribution in [3.63, 3.8) is 0 Å². The van der Waals surface area contributed by atoms with Crippen molar-refractivity contribution in [3.05, 3.63) is 65.2 Å². The number of rotatable bonds is 2. The third-order valence-electron chi connectivity index (χ3n) is 5.36. The molecule has 2 aliphatic rings. The third kappa shape index (κ3) is 2.68. The molecule has 2 atom stereocenters. The lowest BCUT2D eigenvalue weighted by Gasteiger charge is -2.38. The first-order valence-corrected chi connectivity index (χ1v) is 9.90. The number of hydrazone groups is 1. The number of nitrogens with zero attached hydrogens (tertiary/aromatic N) is 4. The average molecular weight is 416 g/mol. The van der Waals surface area contributed by atoms with Gasteiger partial charge >= 0.3 is 6.18 Å². The highest BCUT2D eigenvalue weighted by molar-refractivity contribution is 7.14. The molecule has 5 rings (SSSR count). The minimum Gasteiger partial charge on any atom is -0.362 e. The van der Waals surface area contributed by atoms with Crippen LogP contribution >= 0.6 is 11.3 Å². The van der Waals surface area contributed by atoms with E-state index in [1.807, 2.05) is 12.1 Å². The summed E-state index contributed by atoms with van der Waals surface area (Å²) in [6.07, 6.45) is -2.72. The van der Waals surface area contributed by atoms with E-state index in [4.69, 9.17) is 0 Å². The minimum atomic E-state index is -4.91. The molecule has 2 aromatic heterocycles. The van der Waals surface area contributed by atoms with Gasteiger partial charge < -0.3 is 5.11 Å². The smallest absolute Gasteiger partial charge is 0.362 e. The first-order chi connectivity index (χ1) is 13.9. The SMILES string of the molecule is OC1(C(F)(F)F)C2CCc3ccccc3C2=NN1c1nc(-c2ccccn2)cs1. The van der Waals surface area contributed by atoms with E-state index in [2.05, 4.69) is 15.1 Å². The Morgan fingerprint density at radius 1 is 1.10 bits per heavy atom. The van der Waals surface area contributed by atoms with Gasteiger partial charge in [0.1, 0.15) is 5.69 Å². The maximum atomic E-state index is 14.2. The van der Waals surface area contributed by atoms with E-state index in [9.17, 15) is 18.3 Å². The van der Waals surface area contributed by atoms with E-state index in [0.717, 1.165) is 16.9 Å². The Morgan fingerprint density at radius 3 is 2.66 bits per heavy atom. The van der Waals surface area contributed by atoms with Gasteiger partial charge in [-0.3, -0.25) is 4.98 Å². The molecular formula is C20H15F3N4OS. The first-order valence-electron chi connectivity index (χ1n) is 9.02. The van der Waals surface area contributed by atoms with Crippen LogP contribution in [0.3, 0.4) is 0 Å². The van der Waals surface area contributed by atoms with Gasteiger partial charge in [-0.1, -0.05) is 30.3 Å². The van der Waals surface area contributed by atoms with Crippen LogP contribution in [0.4, 0.5) is 18.3 Å². The van der Waals surface area contributed by atoms with E-state index in [0.29, 0.717) is 28.4 Å². The molecule has 0 amide bonds. The van der Waals surface area contributed by atoms with Gasteiger partial charge in [0.05, 0.1) is 17.3 Å². The monoisotopic (exact) mass is 416 g/mol. The van der Waals surface area contributed by atoms with Crippen LogP contribution < -0.4 is 5.01 Å². The number of alkyl halides is 3. The van der Waals surface area contributed by atoms with E-state index in [-0.39, 0.29) is 17.3 Å². The number of aromatic nitrogens is 2. The zero-order valence-electron chi connectivity index (χ0n) is 15.0. The van der Waals surface area contributed by atoms with Crippen molar-refractivity contribution < 1.29 is 18.3 Å². The summed E-state index contributed by atoms with van der Waals surface area (Å²) in [5.41, 5.74) is -0.334. The summed E-state index contributed by atoms with van der Waals surface area (Å²) in [6.45, 7) is 0. The van der Waals surface area contributed by atoms with Crippen LogP contribution in [0, 0.1) is 5.92 Å². The number of fused-ring (bicyclic) bond motifs is 3. The summed E-state index contributed by atoms with van der Waals surface area (Å²) in [5, 5.41) is 17.5. The van der Waals surface area contributed by atoms with Gasteiger partial charge in [0.25, 0.3) is 5.72 Å². The van der Waals surface area contributed by atoms with E-state index in [1.165, 1.54) is 0 Å². The Bertz CT molecular complexity index is 1100. The summed E-state index contributed by atoms with van der Waals surface area (Å²) < 4.78 is 42.5. The molecule has 148 valence electrons. The molecule has 3 heterocycles. The number of hydrogen-bond acceptors (Lipinski definition) is 6. The van der Waals surface area contributed by atoms with Crippen LogP contribution in [0.15, 0.2) is 59.1 Å². The fraction of sp³-hybridized carbons (Fsp3) is 0.250. The van der Waals surface area contributed by atoms with Gasteiger partial charge in [-0.25, -0.2) is 4.98 Å². The predicted molar refractivity (Wildman–Crippen MR) is 104 cm³/mol. The number of benzene rings is 1. The van der Waals surface area contributed by atoms with Crippen molar-refractivity contribution in [2.75, 3.05) is 5.01 Å². The number of aliphatic hydroxyl groups is 1. The molecule has 0 bridgehead atoms. The summed E-state index contributed by atoms with van der Waals surface area (Å²) >= 11 is 0.995. The summed E-state index contributed by atoms with van der Waals surface area (Å²) in [4.78, 5) is 8.48. The Morgan fingerprint density at radius 2 is 1.90 bits per heavy atom. The second-order valence-corrected chi connectivity index (χ2v) is 7.84. The molecule has 0 radical (unpaired) electrons. The molecule has 0 saturated carbocycles. The molecule has 1 aromatic carbocycles. The van der Waals surface area contributed by atoms with E-state index >= 15 is 0 Å². The Balaban J connectivity index is 1.63. The zero-order chi connectivity index (χ0) is 20.2. The average Bonchev–Trinajstić information content (AvgIpc) is 3.32. The maximum Gasteiger partial charge on any atom is 0.439 e. The molecule has 1 aliphatic carbocycles. The second kappa shape index (κ2) is 6.36. The van der Waals surface area contributed by atoms with Gasteiger partial charge in [0.15, 0.2) is 0 Å². The van der Waals surface area contributed by atoms with Crippen LogP contribution in [0.25, 0.3) is 11.4 Å². The van der Waals surface area contributed by atoms with Crippen molar-refractivity contribution >= 4 is 22.2 Å². The lowest BCUT2D eigenvalue weighted by Crippen LogP contribution is -2.60. The van der Waals surface area contributed by atoms with E-state index in [1.54, 1.807) is 41.9 Å². The number of pyridine rings is 1. The summed E-state index contributed by atoms with van der Waals surface area (Å²) in [7, 11) is 0. The van der Waals surface area contributed by atoms with Crippen LogP contribution in [0.5, 0.6) is 0 Å². The predicted octanol–water partition coefficient (Wildman–Crippen LogP) is 4.24. The van der Waals surface area contributed by atoms with Crippen molar-refractivity contribution in [3.8, 4) is 11.4 Å². The van der Waals surface area contributed by atoms with Gasteiger partial charge in [-0.15, -0.1) is 11.3 Å². The Labute approximate surface area is 168 Å². The molecule has 9 heteroatoms. The topological polar surface area (TPSA) is 61.6 Å². The highest BCUT2D eigenvalue weighted by Crippen LogP contribution is 2.50. The number of thiazole rings is 1. The molecule has 0 spiro atoms. The lowest BCUT2D eigenvalue weighted by atomic mass is 9.77. The second-order valence-electron chi connectivity index (χ2n) is 7.00. The van der Waals surface area contributed by atoms with Gasteiger partial charge in [-0.05, 0) is 30.5 Å². The molecule has 0 fully saturated rings. The molecule has 1 N–H and O–H groups in total. The standard InChI is InChI=1S/C20H15F3N4OS/c21-20(22,23)19(28)14-9-8-12-5-1-2-6-13(12)17(14)26-27(19)18-25-16(11-29-18)15-7-3-4-10-24-15/h1-7,10-11,14,28H,8-9H2. The number of anilines is 1. The van der Waals surface area contributed by atoms with Crippen molar-refractivity contribution in [1.82, 2.24) is 9.97 Å². The largest absolute Gasteiger partial charge is 0.439 e. The van der Waals surface area contributed by atoms with E-state index < -0.39 is 17.8 Å². The molecule has 29 heavy (non-hydrogen) atoms. The fourth-order valence-corrected chi connectivity index (χ4v) is 4.78. The van der Waals surface area contributed by atoms with Gasteiger partial charge in [-0.2, -0.15) is 23.3 Å². The third-order valence-corrected chi connectivity index (χ3v) is 6.18. The quantitative estimate of drug-likeness (QED) is 0.679. The lowest BCUT2D eigenvalue weighted by molar-refractivity contribution is -0.268. The highest BCUT2D eigenvalue weighted by Gasteiger charge is 2.68. The zero-order valence-corrected chi connectivity index (χ0v) is 15.8.